The number of aromatic nitrogens is 2. The molecule has 26 heavy (non-hydrogen) atoms. The molecule has 1 aromatic carbocycles. The Bertz CT molecular complexity index is 810. The van der Waals surface area contributed by atoms with Gasteiger partial charge < -0.3 is 10.6 Å². The molecule has 1 aromatic heterocycles. The number of benzene rings is 1. The summed E-state index contributed by atoms with van der Waals surface area (Å²) >= 11 is 6.43. The maximum Gasteiger partial charge on any atom is 0.244 e. The van der Waals surface area contributed by atoms with Gasteiger partial charge in [0.25, 0.3) is 0 Å². The van der Waals surface area contributed by atoms with Gasteiger partial charge in [-0.25, -0.2) is 4.68 Å². The highest BCUT2D eigenvalue weighted by atomic mass is 35.5. The maximum atomic E-state index is 11.8. The summed E-state index contributed by atoms with van der Waals surface area (Å²) < 4.78 is 1.72. The van der Waals surface area contributed by atoms with Crippen molar-refractivity contribution in [1.82, 2.24) is 20.4 Å². The summed E-state index contributed by atoms with van der Waals surface area (Å²) in [7, 11) is 0. The van der Waals surface area contributed by atoms with E-state index in [0.717, 1.165) is 16.8 Å². The van der Waals surface area contributed by atoms with Gasteiger partial charge in [0, 0.05) is 31.7 Å². The van der Waals surface area contributed by atoms with E-state index in [0.29, 0.717) is 24.8 Å². The first kappa shape index (κ1) is 19.7. The molecule has 0 atom stereocenters. The Balaban J connectivity index is 1.99. The third kappa shape index (κ3) is 5.74. The van der Waals surface area contributed by atoms with Gasteiger partial charge in [-0.2, -0.15) is 5.10 Å². The van der Waals surface area contributed by atoms with Crippen LogP contribution in [-0.2, 0) is 16.1 Å². The Morgan fingerprint density at radius 1 is 1.15 bits per heavy atom. The SMILES string of the molecule is CC(=O)NCCNC(=O)/C=C/c1c(C)nn(Cc2ccc(C)cc2)c1Cl. The van der Waals surface area contributed by atoms with Crippen molar-refractivity contribution in [2.45, 2.75) is 27.3 Å². The van der Waals surface area contributed by atoms with E-state index in [9.17, 15) is 9.59 Å². The fourth-order valence-electron chi connectivity index (χ4n) is 2.37. The minimum absolute atomic E-state index is 0.127. The van der Waals surface area contributed by atoms with Crippen molar-refractivity contribution in [3.05, 3.63) is 57.9 Å². The molecule has 0 bridgehead atoms. The second-order valence-corrected chi connectivity index (χ2v) is 6.40. The molecule has 7 heteroatoms. The smallest absolute Gasteiger partial charge is 0.244 e. The highest BCUT2D eigenvalue weighted by molar-refractivity contribution is 6.31. The first-order chi connectivity index (χ1) is 12.4. The van der Waals surface area contributed by atoms with Gasteiger partial charge in [-0.15, -0.1) is 0 Å². The van der Waals surface area contributed by atoms with Crippen LogP contribution in [0, 0.1) is 13.8 Å². The van der Waals surface area contributed by atoms with E-state index in [2.05, 4.69) is 15.7 Å². The minimum atomic E-state index is -0.253. The van der Waals surface area contributed by atoms with Crippen LogP contribution in [0.5, 0.6) is 0 Å². The van der Waals surface area contributed by atoms with Crippen molar-refractivity contribution >= 4 is 29.5 Å². The van der Waals surface area contributed by atoms with Gasteiger partial charge in [-0.05, 0) is 25.5 Å². The molecular formula is C19H23ClN4O2. The summed E-state index contributed by atoms with van der Waals surface area (Å²) in [5.74, 6) is -0.379. The molecule has 2 amide bonds. The predicted octanol–water partition coefficient (Wildman–Crippen LogP) is 2.47. The maximum absolute atomic E-state index is 11.8. The van der Waals surface area contributed by atoms with Crippen molar-refractivity contribution in [2.24, 2.45) is 0 Å². The molecule has 0 radical (unpaired) electrons. The number of aryl methyl sites for hydroxylation is 2. The molecule has 2 aromatic rings. The monoisotopic (exact) mass is 374 g/mol. The third-order valence-electron chi connectivity index (χ3n) is 3.76. The number of carbonyl (C=O) groups excluding carboxylic acids is 2. The lowest BCUT2D eigenvalue weighted by Crippen LogP contribution is -2.32. The van der Waals surface area contributed by atoms with Crippen LogP contribution in [0.25, 0.3) is 6.08 Å². The van der Waals surface area contributed by atoms with Gasteiger partial charge in [-0.3, -0.25) is 9.59 Å². The second kappa shape index (κ2) is 9.20. The molecule has 6 nitrogen and oxygen atoms in total. The fourth-order valence-corrected chi connectivity index (χ4v) is 2.67. The Morgan fingerprint density at radius 2 is 1.81 bits per heavy atom. The topological polar surface area (TPSA) is 76.0 Å². The molecule has 0 saturated heterocycles. The second-order valence-electron chi connectivity index (χ2n) is 6.04. The lowest BCUT2D eigenvalue weighted by molar-refractivity contribution is -0.119. The van der Waals surface area contributed by atoms with Crippen molar-refractivity contribution in [3.63, 3.8) is 0 Å². The average molecular weight is 375 g/mol. The Labute approximate surface area is 158 Å². The number of rotatable bonds is 7. The van der Waals surface area contributed by atoms with Gasteiger partial charge in [0.15, 0.2) is 0 Å². The summed E-state index contributed by atoms with van der Waals surface area (Å²) in [6.07, 6.45) is 3.07. The van der Waals surface area contributed by atoms with Crippen molar-refractivity contribution in [1.29, 1.82) is 0 Å². The molecule has 2 N–H and O–H groups in total. The van der Waals surface area contributed by atoms with Crippen LogP contribution >= 0.6 is 11.6 Å². The van der Waals surface area contributed by atoms with E-state index < -0.39 is 0 Å². The van der Waals surface area contributed by atoms with Crippen molar-refractivity contribution in [2.75, 3.05) is 13.1 Å². The summed E-state index contributed by atoms with van der Waals surface area (Å²) in [5.41, 5.74) is 3.77. The quantitative estimate of drug-likeness (QED) is 0.577. The number of hydrogen-bond donors (Lipinski definition) is 2. The van der Waals surface area contributed by atoms with Crippen molar-refractivity contribution in [3.8, 4) is 0 Å². The molecule has 2 rings (SSSR count). The molecule has 0 aliphatic heterocycles. The molecule has 1 heterocycles. The predicted molar refractivity (Wildman–Crippen MR) is 103 cm³/mol. The number of halogens is 1. The zero-order valence-electron chi connectivity index (χ0n) is 15.2. The summed E-state index contributed by atoms with van der Waals surface area (Å²) in [6.45, 7) is 6.65. The Kier molecular flexibility index (Phi) is 6.97. The zero-order valence-corrected chi connectivity index (χ0v) is 15.9. The average Bonchev–Trinajstić information content (AvgIpc) is 2.85. The molecule has 0 spiro atoms. The number of hydrogen-bond acceptors (Lipinski definition) is 3. The van der Waals surface area contributed by atoms with Crippen LogP contribution in [-0.4, -0.2) is 34.7 Å². The van der Waals surface area contributed by atoms with E-state index in [1.54, 1.807) is 10.8 Å². The lowest BCUT2D eigenvalue weighted by Gasteiger charge is -2.04. The van der Waals surface area contributed by atoms with E-state index >= 15 is 0 Å². The molecule has 0 unspecified atom stereocenters. The van der Waals surface area contributed by atoms with Crippen molar-refractivity contribution < 1.29 is 9.59 Å². The zero-order chi connectivity index (χ0) is 19.1. The summed E-state index contributed by atoms with van der Waals surface area (Å²) in [6, 6.07) is 8.18. The Morgan fingerprint density at radius 3 is 2.46 bits per heavy atom. The molecule has 0 aliphatic carbocycles. The summed E-state index contributed by atoms with van der Waals surface area (Å²) in [5, 5.41) is 10.2. The number of nitrogens with one attached hydrogen (secondary N) is 2. The number of amides is 2. The summed E-state index contributed by atoms with van der Waals surface area (Å²) in [4.78, 5) is 22.6. The fraction of sp³-hybridized carbons (Fsp3) is 0.316. The standard InChI is InChI=1S/C19H23ClN4O2/c1-13-4-6-16(7-5-13)12-24-19(20)17(14(2)23-24)8-9-18(26)22-11-10-21-15(3)25/h4-9H,10-12H2,1-3H3,(H,21,25)(H,22,26)/b9-8+. The van der Waals surface area contributed by atoms with Crippen LogP contribution in [0.2, 0.25) is 5.15 Å². The van der Waals surface area contributed by atoms with Gasteiger partial charge in [0.1, 0.15) is 5.15 Å². The van der Waals surface area contributed by atoms with Gasteiger partial charge in [0.05, 0.1) is 12.2 Å². The van der Waals surface area contributed by atoms with Crippen LogP contribution in [0.4, 0.5) is 0 Å². The highest BCUT2D eigenvalue weighted by Gasteiger charge is 2.11. The molecule has 138 valence electrons. The minimum Gasteiger partial charge on any atom is -0.355 e. The van der Waals surface area contributed by atoms with E-state index in [-0.39, 0.29) is 11.8 Å². The van der Waals surface area contributed by atoms with Crippen LogP contribution < -0.4 is 10.6 Å². The molecular weight excluding hydrogens is 352 g/mol. The molecule has 0 aliphatic rings. The lowest BCUT2D eigenvalue weighted by atomic mass is 10.1. The van der Waals surface area contributed by atoms with Gasteiger partial charge in [-0.1, -0.05) is 41.4 Å². The first-order valence-corrected chi connectivity index (χ1v) is 8.73. The van der Waals surface area contributed by atoms with Crippen LogP contribution in [0.1, 0.15) is 29.3 Å². The third-order valence-corrected chi connectivity index (χ3v) is 4.16. The van der Waals surface area contributed by atoms with Crippen LogP contribution in [0.15, 0.2) is 30.3 Å². The molecule has 0 fully saturated rings. The largest absolute Gasteiger partial charge is 0.355 e. The Hall–Kier alpha value is -2.60. The molecule has 0 saturated carbocycles. The van der Waals surface area contributed by atoms with Gasteiger partial charge >= 0.3 is 0 Å². The number of nitrogens with zero attached hydrogens (tertiary/aromatic N) is 2. The van der Waals surface area contributed by atoms with Gasteiger partial charge in [0.2, 0.25) is 11.8 Å². The first-order valence-electron chi connectivity index (χ1n) is 8.35. The number of carbonyl (C=O) groups is 2. The van der Waals surface area contributed by atoms with E-state index in [1.807, 2.05) is 38.1 Å². The van der Waals surface area contributed by atoms with E-state index in [1.165, 1.54) is 18.6 Å². The van der Waals surface area contributed by atoms with Crippen LogP contribution in [0.3, 0.4) is 0 Å². The van der Waals surface area contributed by atoms with E-state index in [4.69, 9.17) is 11.6 Å². The highest BCUT2D eigenvalue weighted by Crippen LogP contribution is 2.22. The normalized spacial score (nSPS) is 10.9.